The van der Waals surface area contributed by atoms with Crippen molar-refractivity contribution in [2.45, 2.75) is 52.1 Å². The fraction of sp³-hybridized carbons (Fsp3) is 0.409. The number of para-hydroxylation sites is 2. The second kappa shape index (κ2) is 11.1. The number of nitrogens with one attached hydrogen (secondary N) is 2. The van der Waals surface area contributed by atoms with Crippen LogP contribution in [0.1, 0.15) is 46.5 Å². The van der Waals surface area contributed by atoms with Crippen LogP contribution in [0.5, 0.6) is 0 Å². The van der Waals surface area contributed by atoms with Crippen LogP contribution < -0.4 is 10.6 Å². The molecule has 2 N–H and O–H groups in total. The van der Waals surface area contributed by atoms with Crippen LogP contribution >= 0.6 is 0 Å². The van der Waals surface area contributed by atoms with Crippen molar-refractivity contribution in [3.05, 3.63) is 49.6 Å². The number of amides is 2. The summed E-state index contributed by atoms with van der Waals surface area (Å²) in [6.45, 7) is 12.6. The molecule has 28 heavy (non-hydrogen) atoms. The van der Waals surface area contributed by atoms with E-state index in [0.717, 1.165) is 0 Å². The summed E-state index contributed by atoms with van der Waals surface area (Å²) >= 11 is 0. The van der Waals surface area contributed by atoms with Crippen molar-refractivity contribution in [3.63, 3.8) is 0 Å². The first kappa shape index (κ1) is 23.1. The van der Waals surface area contributed by atoms with Gasteiger partial charge in [0, 0.05) is 6.42 Å². The lowest BCUT2D eigenvalue weighted by Gasteiger charge is -2.22. The van der Waals surface area contributed by atoms with Gasteiger partial charge in [-0.05, 0) is 45.7 Å². The van der Waals surface area contributed by atoms with Crippen molar-refractivity contribution in [3.8, 4) is 0 Å². The van der Waals surface area contributed by atoms with Gasteiger partial charge in [0.2, 0.25) is 11.8 Å². The van der Waals surface area contributed by atoms with E-state index in [9.17, 15) is 14.4 Å². The van der Waals surface area contributed by atoms with Crippen LogP contribution in [0, 0.1) is 5.92 Å². The molecule has 1 aromatic carbocycles. The van der Waals surface area contributed by atoms with E-state index in [1.54, 1.807) is 57.2 Å². The van der Waals surface area contributed by atoms with Gasteiger partial charge in [-0.2, -0.15) is 0 Å². The molecule has 0 heterocycles. The number of benzene rings is 1. The summed E-state index contributed by atoms with van der Waals surface area (Å²) in [4.78, 5) is 36.8. The summed E-state index contributed by atoms with van der Waals surface area (Å²) in [5.74, 6) is -1.56. The Morgan fingerprint density at radius 2 is 1.68 bits per heavy atom. The maximum atomic E-state index is 12.7. The van der Waals surface area contributed by atoms with Crippen molar-refractivity contribution < 1.29 is 19.1 Å². The molecule has 6 heteroatoms. The molecule has 0 unspecified atom stereocenters. The summed E-state index contributed by atoms with van der Waals surface area (Å²) < 4.78 is 5.31. The average Bonchev–Trinajstić information content (AvgIpc) is 2.59. The minimum Gasteiger partial charge on any atom is -0.460 e. The van der Waals surface area contributed by atoms with E-state index < -0.39 is 17.5 Å². The third kappa shape index (κ3) is 8.66. The van der Waals surface area contributed by atoms with Crippen molar-refractivity contribution in [2.75, 3.05) is 10.6 Å². The lowest BCUT2D eigenvalue weighted by Crippen LogP contribution is -2.30. The highest BCUT2D eigenvalue weighted by molar-refractivity contribution is 6.01. The van der Waals surface area contributed by atoms with Crippen LogP contribution in [-0.2, 0) is 19.1 Å². The molecular formula is C22H30N2O4. The molecule has 0 radical (unpaired) electrons. The molecule has 1 atom stereocenters. The summed E-state index contributed by atoms with van der Waals surface area (Å²) in [5, 5.41) is 5.58. The zero-order valence-corrected chi connectivity index (χ0v) is 16.9. The Morgan fingerprint density at radius 1 is 1.07 bits per heavy atom. The van der Waals surface area contributed by atoms with Gasteiger partial charge in [0.25, 0.3) is 0 Å². The van der Waals surface area contributed by atoms with Crippen LogP contribution in [0.4, 0.5) is 11.4 Å². The Bertz CT molecular complexity index is 719. The summed E-state index contributed by atoms with van der Waals surface area (Å²) in [6, 6.07) is 6.92. The topological polar surface area (TPSA) is 84.5 Å². The van der Waals surface area contributed by atoms with Crippen LogP contribution in [-0.4, -0.2) is 23.4 Å². The quantitative estimate of drug-likeness (QED) is 0.459. The molecule has 0 spiro atoms. The van der Waals surface area contributed by atoms with E-state index in [4.69, 9.17) is 4.74 Å². The maximum absolute atomic E-state index is 12.7. The Hall–Kier alpha value is -2.89. The number of carbonyl (C=O) groups excluding carboxylic acids is 3. The molecule has 6 nitrogen and oxygen atoms in total. The standard InChI is InChI=1S/C22H30N2O4/c1-6-8-14-19(25)23-17-12-9-10-13-18(17)24-21(27)16(11-7-2)15-20(26)28-22(3,4)5/h6-7,9-10,12-13,16H,1-2,8,11,14-15H2,3-5H3,(H,23,25)(H,24,27)/t16-/m1/s1. The van der Waals surface area contributed by atoms with Crippen molar-refractivity contribution in [2.24, 2.45) is 5.92 Å². The van der Waals surface area contributed by atoms with Gasteiger partial charge >= 0.3 is 5.97 Å². The summed E-state index contributed by atoms with van der Waals surface area (Å²) in [5.41, 5.74) is 0.353. The lowest BCUT2D eigenvalue weighted by molar-refractivity contribution is -0.157. The van der Waals surface area contributed by atoms with Crippen molar-refractivity contribution in [1.82, 2.24) is 0 Å². The van der Waals surface area contributed by atoms with Crippen molar-refractivity contribution in [1.29, 1.82) is 0 Å². The van der Waals surface area contributed by atoms with E-state index in [-0.39, 0.29) is 18.2 Å². The van der Waals surface area contributed by atoms with Crippen LogP contribution in [0.25, 0.3) is 0 Å². The van der Waals surface area contributed by atoms with Gasteiger partial charge < -0.3 is 15.4 Å². The number of hydrogen-bond donors (Lipinski definition) is 2. The van der Waals surface area contributed by atoms with Gasteiger partial charge in [0.1, 0.15) is 5.60 Å². The van der Waals surface area contributed by atoms with Crippen LogP contribution in [0.2, 0.25) is 0 Å². The molecule has 2 amide bonds. The Morgan fingerprint density at radius 3 is 2.21 bits per heavy atom. The second-order valence-electron chi connectivity index (χ2n) is 7.42. The molecule has 0 bridgehead atoms. The number of anilines is 2. The minimum absolute atomic E-state index is 0.0526. The largest absolute Gasteiger partial charge is 0.460 e. The van der Waals surface area contributed by atoms with Crippen LogP contribution in [0.15, 0.2) is 49.6 Å². The van der Waals surface area contributed by atoms with Gasteiger partial charge in [-0.15, -0.1) is 13.2 Å². The molecule has 0 aliphatic heterocycles. The molecule has 0 aliphatic carbocycles. The van der Waals surface area contributed by atoms with Crippen molar-refractivity contribution >= 4 is 29.2 Å². The van der Waals surface area contributed by atoms with E-state index in [0.29, 0.717) is 30.6 Å². The maximum Gasteiger partial charge on any atom is 0.307 e. The first-order valence-corrected chi connectivity index (χ1v) is 9.29. The first-order valence-electron chi connectivity index (χ1n) is 9.29. The van der Waals surface area contributed by atoms with E-state index in [2.05, 4.69) is 23.8 Å². The zero-order valence-electron chi connectivity index (χ0n) is 16.9. The highest BCUT2D eigenvalue weighted by atomic mass is 16.6. The summed E-state index contributed by atoms with van der Waals surface area (Å²) in [6.07, 6.45) is 4.42. The third-order valence-corrected chi connectivity index (χ3v) is 3.69. The Labute approximate surface area is 167 Å². The number of ether oxygens (including phenoxy) is 1. The number of esters is 1. The van der Waals surface area contributed by atoms with Crippen LogP contribution in [0.3, 0.4) is 0 Å². The summed E-state index contributed by atoms with van der Waals surface area (Å²) in [7, 11) is 0. The predicted molar refractivity (Wildman–Crippen MR) is 112 cm³/mol. The monoisotopic (exact) mass is 386 g/mol. The third-order valence-electron chi connectivity index (χ3n) is 3.69. The molecule has 152 valence electrons. The minimum atomic E-state index is -0.616. The highest BCUT2D eigenvalue weighted by Gasteiger charge is 2.25. The molecule has 0 aromatic heterocycles. The Balaban J connectivity index is 2.85. The number of allylic oxidation sites excluding steroid dienone is 2. The molecule has 1 rings (SSSR count). The average molecular weight is 386 g/mol. The molecule has 0 fully saturated rings. The molecular weight excluding hydrogens is 356 g/mol. The molecule has 0 aliphatic rings. The zero-order chi connectivity index (χ0) is 21.2. The Kier molecular flexibility index (Phi) is 9.15. The van der Waals surface area contributed by atoms with Gasteiger partial charge in [0.15, 0.2) is 0 Å². The fourth-order valence-corrected chi connectivity index (χ4v) is 2.45. The lowest BCUT2D eigenvalue weighted by atomic mass is 10.00. The predicted octanol–water partition coefficient (Wildman–Crippen LogP) is 4.45. The second-order valence-corrected chi connectivity index (χ2v) is 7.42. The molecule has 1 aromatic rings. The highest BCUT2D eigenvalue weighted by Crippen LogP contribution is 2.24. The van der Waals surface area contributed by atoms with E-state index in [1.807, 2.05) is 0 Å². The normalized spacial score (nSPS) is 11.8. The van der Waals surface area contributed by atoms with Gasteiger partial charge in [0.05, 0.1) is 23.7 Å². The van der Waals surface area contributed by atoms with Gasteiger partial charge in [-0.1, -0.05) is 24.3 Å². The number of rotatable bonds is 10. The first-order chi connectivity index (χ1) is 13.2. The smallest absolute Gasteiger partial charge is 0.307 e. The SMILES string of the molecule is C=CCCC(=O)Nc1ccccc1NC(=O)[C@H](CC=C)CC(=O)OC(C)(C)C. The molecule has 0 saturated carbocycles. The number of hydrogen-bond acceptors (Lipinski definition) is 4. The van der Waals surface area contributed by atoms with E-state index >= 15 is 0 Å². The van der Waals surface area contributed by atoms with E-state index in [1.165, 1.54) is 0 Å². The fourth-order valence-electron chi connectivity index (χ4n) is 2.45. The molecule has 0 saturated heterocycles. The number of carbonyl (C=O) groups is 3. The van der Waals surface area contributed by atoms with Gasteiger partial charge in [-0.25, -0.2) is 0 Å². The van der Waals surface area contributed by atoms with Gasteiger partial charge in [-0.3, -0.25) is 14.4 Å².